The Balaban J connectivity index is 1.84. The highest BCUT2D eigenvalue weighted by Gasteiger charge is 2.16. The Morgan fingerprint density at radius 2 is 1.78 bits per heavy atom. The third kappa shape index (κ3) is 3.08. The lowest BCUT2D eigenvalue weighted by Crippen LogP contribution is -2.22. The number of ketones is 1. The number of ether oxygens (including phenoxy) is 1. The summed E-state index contributed by atoms with van der Waals surface area (Å²) in [6.07, 6.45) is 1.46. The van der Waals surface area contributed by atoms with Gasteiger partial charge in [0, 0.05) is 11.8 Å². The highest BCUT2D eigenvalue weighted by atomic mass is 16.5. The van der Waals surface area contributed by atoms with E-state index in [4.69, 9.17) is 4.74 Å². The van der Waals surface area contributed by atoms with Crippen LogP contribution in [-0.2, 0) is 6.54 Å². The van der Waals surface area contributed by atoms with Gasteiger partial charge in [0.15, 0.2) is 5.78 Å². The molecule has 1 aromatic heterocycles. The molecule has 0 aliphatic rings. The van der Waals surface area contributed by atoms with Crippen molar-refractivity contribution in [3.05, 3.63) is 87.8 Å². The van der Waals surface area contributed by atoms with Crippen molar-refractivity contribution in [2.24, 2.45) is 0 Å². The molecule has 0 amide bonds. The van der Waals surface area contributed by atoms with E-state index in [1.54, 1.807) is 31.4 Å². The largest absolute Gasteiger partial charge is 0.497 e. The van der Waals surface area contributed by atoms with Gasteiger partial charge in [-0.15, -0.1) is 0 Å². The number of aromatic amines is 1. The van der Waals surface area contributed by atoms with E-state index in [0.29, 0.717) is 12.1 Å². The average Bonchev–Trinajstić information content (AvgIpc) is 2.96. The van der Waals surface area contributed by atoms with E-state index < -0.39 is 0 Å². The third-order valence-electron chi connectivity index (χ3n) is 3.62. The molecule has 0 unspecified atom stereocenters. The summed E-state index contributed by atoms with van der Waals surface area (Å²) >= 11 is 0. The molecule has 5 nitrogen and oxygen atoms in total. The summed E-state index contributed by atoms with van der Waals surface area (Å²) in [4.78, 5) is 24.8. The molecule has 0 fully saturated rings. The van der Waals surface area contributed by atoms with Gasteiger partial charge in [-0.3, -0.25) is 9.59 Å². The van der Waals surface area contributed by atoms with Crippen molar-refractivity contribution in [1.29, 1.82) is 0 Å². The Morgan fingerprint density at radius 3 is 2.43 bits per heavy atom. The summed E-state index contributed by atoms with van der Waals surface area (Å²) in [7, 11) is 1.60. The molecule has 2 aromatic carbocycles. The number of methoxy groups -OCH3 is 1. The summed E-state index contributed by atoms with van der Waals surface area (Å²) in [5.74, 6) is 0.479. The maximum atomic E-state index is 12.4. The van der Waals surface area contributed by atoms with Crippen LogP contribution in [0.5, 0.6) is 5.75 Å². The van der Waals surface area contributed by atoms with Gasteiger partial charge in [0.25, 0.3) is 5.56 Å². The zero-order chi connectivity index (χ0) is 16.2. The molecule has 23 heavy (non-hydrogen) atoms. The van der Waals surface area contributed by atoms with Crippen LogP contribution >= 0.6 is 0 Å². The van der Waals surface area contributed by atoms with Gasteiger partial charge in [0.05, 0.1) is 13.7 Å². The number of hydrogen-bond acceptors (Lipinski definition) is 3. The van der Waals surface area contributed by atoms with Gasteiger partial charge in [-0.25, -0.2) is 4.68 Å². The normalized spacial score (nSPS) is 10.5. The van der Waals surface area contributed by atoms with E-state index in [1.165, 1.54) is 10.9 Å². The fourth-order valence-corrected chi connectivity index (χ4v) is 2.35. The minimum absolute atomic E-state index is 0.143. The first-order chi connectivity index (χ1) is 11.2. The Morgan fingerprint density at radius 1 is 1.09 bits per heavy atom. The number of aromatic nitrogens is 2. The topological polar surface area (TPSA) is 64.1 Å². The first-order valence-corrected chi connectivity index (χ1v) is 7.20. The lowest BCUT2D eigenvalue weighted by atomic mass is 10.1. The minimum atomic E-state index is -0.324. The predicted molar refractivity (Wildman–Crippen MR) is 87.0 cm³/mol. The van der Waals surface area contributed by atoms with E-state index in [9.17, 15) is 9.59 Å². The van der Waals surface area contributed by atoms with Gasteiger partial charge < -0.3 is 9.84 Å². The summed E-state index contributed by atoms with van der Waals surface area (Å²) in [6.45, 7) is 0.366. The molecular formula is C18H16N2O3. The quantitative estimate of drug-likeness (QED) is 0.736. The molecule has 5 heteroatoms. The molecule has 0 atom stereocenters. The first-order valence-electron chi connectivity index (χ1n) is 7.20. The predicted octanol–water partition coefficient (Wildman–Crippen LogP) is 2.46. The molecule has 0 spiro atoms. The van der Waals surface area contributed by atoms with Crippen LogP contribution in [0.4, 0.5) is 0 Å². The highest BCUT2D eigenvalue weighted by Crippen LogP contribution is 2.12. The smallest absolute Gasteiger partial charge is 0.278 e. The Hall–Kier alpha value is -3.08. The van der Waals surface area contributed by atoms with Gasteiger partial charge in [0.2, 0.25) is 0 Å². The summed E-state index contributed by atoms with van der Waals surface area (Å²) in [5, 5.41) is 2.85. The van der Waals surface area contributed by atoms with E-state index >= 15 is 0 Å². The van der Waals surface area contributed by atoms with E-state index in [1.807, 2.05) is 30.3 Å². The standard InChI is InChI=1S/C18H16N2O3/c1-23-15-9-7-13(8-10-15)12-20-18(22)16(11-19-20)17(21)14-5-3-2-4-6-14/h2-11,19H,12H2,1H3. The molecule has 3 aromatic rings. The highest BCUT2D eigenvalue weighted by molar-refractivity contribution is 6.08. The molecule has 0 bridgehead atoms. The maximum absolute atomic E-state index is 12.4. The second-order valence-electron chi connectivity index (χ2n) is 5.12. The van der Waals surface area contributed by atoms with Crippen LogP contribution in [0.25, 0.3) is 0 Å². The molecular weight excluding hydrogens is 292 g/mol. The van der Waals surface area contributed by atoms with E-state index in [2.05, 4.69) is 5.10 Å². The van der Waals surface area contributed by atoms with Gasteiger partial charge in [0.1, 0.15) is 11.3 Å². The van der Waals surface area contributed by atoms with Crippen LogP contribution in [0.3, 0.4) is 0 Å². The molecule has 1 N–H and O–H groups in total. The molecule has 0 aliphatic carbocycles. The Bertz CT molecular complexity index is 861. The molecule has 3 rings (SSSR count). The molecule has 0 saturated carbocycles. The third-order valence-corrected chi connectivity index (χ3v) is 3.62. The van der Waals surface area contributed by atoms with Crippen LogP contribution in [0.15, 0.2) is 65.6 Å². The zero-order valence-corrected chi connectivity index (χ0v) is 12.7. The number of H-pyrrole nitrogens is 1. The summed E-state index contributed by atoms with van der Waals surface area (Å²) in [5.41, 5.74) is 1.26. The molecule has 0 radical (unpaired) electrons. The van der Waals surface area contributed by atoms with Gasteiger partial charge >= 0.3 is 0 Å². The number of nitrogens with one attached hydrogen (secondary N) is 1. The number of carbonyl (C=O) groups is 1. The van der Waals surface area contributed by atoms with Crippen LogP contribution in [0, 0.1) is 0 Å². The van der Waals surface area contributed by atoms with Gasteiger partial charge in [-0.05, 0) is 17.7 Å². The molecule has 0 aliphatic heterocycles. The lowest BCUT2D eigenvalue weighted by Gasteiger charge is -2.04. The molecule has 116 valence electrons. The number of benzene rings is 2. The lowest BCUT2D eigenvalue weighted by molar-refractivity contribution is 0.103. The fourth-order valence-electron chi connectivity index (χ4n) is 2.35. The number of carbonyl (C=O) groups excluding carboxylic acids is 1. The second-order valence-corrected chi connectivity index (χ2v) is 5.12. The number of hydrogen-bond donors (Lipinski definition) is 1. The van der Waals surface area contributed by atoms with Crippen molar-refractivity contribution in [3.63, 3.8) is 0 Å². The van der Waals surface area contributed by atoms with Gasteiger partial charge in [-0.1, -0.05) is 42.5 Å². The number of rotatable bonds is 5. The van der Waals surface area contributed by atoms with Crippen LogP contribution in [0.1, 0.15) is 21.5 Å². The van der Waals surface area contributed by atoms with Crippen LogP contribution < -0.4 is 10.3 Å². The van der Waals surface area contributed by atoms with Crippen molar-refractivity contribution >= 4 is 5.78 Å². The molecule has 1 heterocycles. The Labute approximate surface area is 133 Å². The maximum Gasteiger partial charge on any atom is 0.278 e. The first kappa shape index (κ1) is 14.8. The Kier molecular flexibility index (Phi) is 4.10. The van der Waals surface area contributed by atoms with Gasteiger partial charge in [-0.2, -0.15) is 0 Å². The van der Waals surface area contributed by atoms with Crippen molar-refractivity contribution in [2.75, 3.05) is 7.11 Å². The summed E-state index contributed by atoms with van der Waals surface area (Å²) < 4.78 is 6.52. The second kappa shape index (κ2) is 6.36. The monoisotopic (exact) mass is 308 g/mol. The van der Waals surface area contributed by atoms with Crippen molar-refractivity contribution < 1.29 is 9.53 Å². The van der Waals surface area contributed by atoms with Crippen LogP contribution in [-0.4, -0.2) is 22.7 Å². The fraction of sp³-hybridized carbons (Fsp3) is 0.111. The summed E-state index contributed by atoms with van der Waals surface area (Å²) in [6, 6.07) is 16.2. The zero-order valence-electron chi connectivity index (χ0n) is 12.7. The van der Waals surface area contributed by atoms with Crippen molar-refractivity contribution in [2.45, 2.75) is 6.54 Å². The van der Waals surface area contributed by atoms with E-state index in [0.717, 1.165) is 11.3 Å². The number of nitrogens with zero attached hydrogens (tertiary/aromatic N) is 1. The van der Waals surface area contributed by atoms with Crippen LogP contribution in [0.2, 0.25) is 0 Å². The van der Waals surface area contributed by atoms with Crippen molar-refractivity contribution in [1.82, 2.24) is 9.78 Å². The molecule has 0 saturated heterocycles. The van der Waals surface area contributed by atoms with Crippen molar-refractivity contribution in [3.8, 4) is 5.75 Å². The minimum Gasteiger partial charge on any atom is -0.497 e. The average molecular weight is 308 g/mol. The van der Waals surface area contributed by atoms with E-state index in [-0.39, 0.29) is 16.9 Å². The SMILES string of the molecule is COc1ccc(Cn2[nH]cc(C(=O)c3ccccc3)c2=O)cc1.